The fourth-order valence-corrected chi connectivity index (χ4v) is 5.36. The zero-order valence-electron chi connectivity index (χ0n) is 21.9. The third-order valence-electron chi connectivity index (χ3n) is 6.97. The maximum absolute atomic E-state index is 13.5. The van der Waals surface area contributed by atoms with Gasteiger partial charge in [0, 0.05) is 19.5 Å². The van der Waals surface area contributed by atoms with Crippen molar-refractivity contribution >= 4 is 34.7 Å². The van der Waals surface area contributed by atoms with Gasteiger partial charge in [0.2, 0.25) is 0 Å². The lowest BCUT2D eigenvalue weighted by molar-refractivity contribution is 0.139. The monoisotopic (exact) mass is 561 g/mol. The highest BCUT2D eigenvalue weighted by molar-refractivity contribution is 6.35. The lowest BCUT2D eigenvalue weighted by Gasteiger charge is -2.27. The van der Waals surface area contributed by atoms with Gasteiger partial charge in [-0.05, 0) is 41.3 Å². The Morgan fingerprint density at radius 1 is 1.07 bits per heavy atom. The van der Waals surface area contributed by atoms with Crippen molar-refractivity contribution in [2.75, 3.05) is 31.8 Å². The van der Waals surface area contributed by atoms with E-state index in [-0.39, 0.29) is 41.8 Å². The molecule has 1 aromatic heterocycles. The fraction of sp³-hybridized carbons (Fsp3) is 0.241. The molecular weight excluding hydrogens is 534 g/mol. The second-order valence-corrected chi connectivity index (χ2v) is 9.93. The maximum atomic E-state index is 13.5. The molecule has 0 radical (unpaired) electrons. The number of carbonyl (C=O) groups is 2. The number of rotatable bonds is 8. The van der Waals surface area contributed by atoms with Crippen LogP contribution in [0.2, 0.25) is 5.02 Å². The van der Waals surface area contributed by atoms with E-state index in [1.165, 1.54) is 9.69 Å². The molecule has 206 valence electrons. The van der Waals surface area contributed by atoms with Crippen LogP contribution in [0.4, 0.5) is 9.59 Å². The number of ether oxygens (including phenoxy) is 1. The Bertz CT molecular complexity index is 1610. The first kappa shape index (κ1) is 27.0. The summed E-state index contributed by atoms with van der Waals surface area (Å²) >= 11 is 6.32. The van der Waals surface area contributed by atoms with E-state index in [4.69, 9.17) is 21.4 Å². The van der Waals surface area contributed by atoms with Gasteiger partial charge in [-0.2, -0.15) is 0 Å². The number of carboxylic acid groups (broad SMARTS) is 1. The Hall–Kier alpha value is -4.57. The van der Waals surface area contributed by atoms with Gasteiger partial charge in [0.1, 0.15) is 6.61 Å². The summed E-state index contributed by atoms with van der Waals surface area (Å²) in [4.78, 5) is 42.1. The summed E-state index contributed by atoms with van der Waals surface area (Å²) in [6.07, 6.45) is -1.83. The van der Waals surface area contributed by atoms with Crippen LogP contribution >= 0.6 is 11.6 Å². The summed E-state index contributed by atoms with van der Waals surface area (Å²) in [5.41, 5.74) is 4.39. The van der Waals surface area contributed by atoms with E-state index in [9.17, 15) is 14.4 Å². The molecular formula is C29H28ClN5O5. The third-order valence-corrected chi connectivity index (χ3v) is 7.28. The minimum absolute atomic E-state index is 0.0620. The molecule has 0 bridgehead atoms. The summed E-state index contributed by atoms with van der Waals surface area (Å²) < 4.78 is 6.98. The number of alkyl carbamates (subject to hydrolysis) is 1. The summed E-state index contributed by atoms with van der Waals surface area (Å²) in [7, 11) is 1.62. The number of amides is 2. The average Bonchev–Trinajstić information content (AvgIpc) is 3.25. The van der Waals surface area contributed by atoms with E-state index in [0.29, 0.717) is 5.52 Å². The van der Waals surface area contributed by atoms with Crippen molar-refractivity contribution in [1.29, 1.82) is 0 Å². The molecule has 10 nitrogen and oxygen atoms in total. The number of likely N-dealkylation sites (N-methyl/N-ethyl adjacent to an activating group) is 1. The predicted octanol–water partition coefficient (Wildman–Crippen LogP) is 4.49. The Morgan fingerprint density at radius 2 is 1.73 bits per heavy atom. The van der Waals surface area contributed by atoms with Gasteiger partial charge < -0.3 is 25.5 Å². The minimum atomic E-state index is -1.18. The molecule has 2 amide bonds. The average molecular weight is 562 g/mol. The molecule has 11 heteroatoms. The van der Waals surface area contributed by atoms with Crippen molar-refractivity contribution in [3.8, 4) is 11.1 Å². The van der Waals surface area contributed by atoms with Gasteiger partial charge >= 0.3 is 12.2 Å². The Kier molecular flexibility index (Phi) is 7.61. The summed E-state index contributed by atoms with van der Waals surface area (Å²) in [5, 5.41) is 16.0. The molecule has 1 atom stereocenters. The quantitative estimate of drug-likeness (QED) is 0.289. The van der Waals surface area contributed by atoms with Crippen LogP contribution in [0.1, 0.15) is 35.8 Å². The standard InChI is InChI=1S/C29H28ClN5O5/c1-17(32-29(39)40-16-22-20-10-5-3-8-18(20)19-9-4-6-11-21(19)22)26-33-24-13-7-12-23(30)25(24)27(36)35(26)34(2)15-14-31-28(37)38/h3-13,17,22,31H,14-16H2,1-2H3,(H,32,39)(H,37,38). The van der Waals surface area contributed by atoms with Gasteiger partial charge in [-0.1, -0.05) is 66.2 Å². The molecule has 1 aliphatic rings. The molecule has 0 saturated carbocycles. The van der Waals surface area contributed by atoms with Crippen LogP contribution in [0, 0.1) is 0 Å². The van der Waals surface area contributed by atoms with Crippen LogP contribution in [0.15, 0.2) is 71.5 Å². The summed E-state index contributed by atoms with van der Waals surface area (Å²) in [6.45, 7) is 2.06. The van der Waals surface area contributed by atoms with Gasteiger partial charge in [0.25, 0.3) is 5.56 Å². The molecule has 3 aromatic carbocycles. The summed E-state index contributed by atoms with van der Waals surface area (Å²) in [6, 6.07) is 20.4. The Labute approximate surface area is 235 Å². The van der Waals surface area contributed by atoms with Crippen molar-refractivity contribution in [3.05, 3.63) is 99.1 Å². The first-order valence-corrected chi connectivity index (χ1v) is 13.1. The van der Waals surface area contributed by atoms with Gasteiger partial charge in [-0.3, -0.25) is 4.79 Å². The number of hydrogen-bond donors (Lipinski definition) is 3. The van der Waals surface area contributed by atoms with Gasteiger partial charge in [0.15, 0.2) is 5.82 Å². The lowest BCUT2D eigenvalue weighted by Crippen LogP contribution is -2.47. The number of fused-ring (bicyclic) bond motifs is 4. The number of nitrogens with one attached hydrogen (secondary N) is 2. The Morgan fingerprint density at radius 3 is 2.38 bits per heavy atom. The number of carbonyl (C=O) groups excluding carboxylic acids is 1. The van der Waals surface area contributed by atoms with E-state index < -0.39 is 23.8 Å². The van der Waals surface area contributed by atoms with E-state index in [1.807, 2.05) is 36.4 Å². The molecule has 1 heterocycles. The fourth-order valence-electron chi connectivity index (χ4n) is 5.11. The zero-order chi connectivity index (χ0) is 28.4. The summed E-state index contributed by atoms with van der Waals surface area (Å²) in [5.74, 6) is 0.145. The molecule has 40 heavy (non-hydrogen) atoms. The smallest absolute Gasteiger partial charge is 0.407 e. The van der Waals surface area contributed by atoms with E-state index in [2.05, 4.69) is 27.8 Å². The zero-order valence-corrected chi connectivity index (χ0v) is 22.7. The van der Waals surface area contributed by atoms with Crippen molar-refractivity contribution in [1.82, 2.24) is 20.3 Å². The normalized spacial score (nSPS) is 12.9. The number of aromatic nitrogens is 2. The van der Waals surface area contributed by atoms with Crippen molar-refractivity contribution < 1.29 is 19.4 Å². The molecule has 3 N–H and O–H groups in total. The maximum Gasteiger partial charge on any atom is 0.407 e. The van der Waals surface area contributed by atoms with Gasteiger partial charge in [0.05, 0.1) is 28.5 Å². The van der Waals surface area contributed by atoms with Crippen LogP contribution in [-0.2, 0) is 4.74 Å². The highest BCUT2D eigenvalue weighted by Crippen LogP contribution is 2.44. The van der Waals surface area contributed by atoms with Crippen LogP contribution < -0.4 is 21.2 Å². The topological polar surface area (TPSA) is 126 Å². The molecule has 0 aliphatic heterocycles. The highest BCUT2D eigenvalue weighted by atomic mass is 35.5. The third kappa shape index (κ3) is 5.17. The predicted molar refractivity (Wildman–Crippen MR) is 153 cm³/mol. The molecule has 0 spiro atoms. The minimum Gasteiger partial charge on any atom is -0.465 e. The number of nitrogens with zero attached hydrogens (tertiary/aromatic N) is 3. The van der Waals surface area contributed by atoms with Gasteiger partial charge in [-0.25, -0.2) is 19.2 Å². The van der Waals surface area contributed by atoms with Gasteiger partial charge in [-0.15, -0.1) is 0 Å². The first-order chi connectivity index (χ1) is 19.3. The molecule has 0 fully saturated rings. The second kappa shape index (κ2) is 11.3. The van der Waals surface area contributed by atoms with Crippen LogP contribution in [0.25, 0.3) is 22.0 Å². The van der Waals surface area contributed by atoms with E-state index in [0.717, 1.165) is 22.3 Å². The van der Waals surface area contributed by atoms with Crippen LogP contribution in [0.5, 0.6) is 0 Å². The van der Waals surface area contributed by atoms with E-state index >= 15 is 0 Å². The van der Waals surface area contributed by atoms with E-state index in [1.54, 1.807) is 32.2 Å². The SMILES string of the molecule is CC(NC(=O)OCC1c2ccccc2-c2ccccc21)c1nc2cccc(Cl)c2c(=O)n1N(C)CCNC(=O)O. The molecule has 5 rings (SSSR count). The molecule has 1 unspecified atom stereocenters. The second-order valence-electron chi connectivity index (χ2n) is 9.53. The first-order valence-electron chi connectivity index (χ1n) is 12.8. The lowest BCUT2D eigenvalue weighted by atomic mass is 9.98. The number of benzene rings is 3. The largest absolute Gasteiger partial charge is 0.465 e. The number of hydrogen-bond acceptors (Lipinski definition) is 6. The molecule has 1 aliphatic carbocycles. The Balaban J connectivity index is 1.37. The highest BCUT2D eigenvalue weighted by Gasteiger charge is 2.29. The van der Waals surface area contributed by atoms with Crippen molar-refractivity contribution in [2.45, 2.75) is 18.9 Å². The van der Waals surface area contributed by atoms with Crippen molar-refractivity contribution in [3.63, 3.8) is 0 Å². The van der Waals surface area contributed by atoms with Crippen LogP contribution in [0.3, 0.4) is 0 Å². The van der Waals surface area contributed by atoms with Crippen LogP contribution in [-0.4, -0.2) is 53.7 Å². The van der Waals surface area contributed by atoms with Crippen molar-refractivity contribution in [2.24, 2.45) is 0 Å². The number of halogens is 1. The molecule has 4 aromatic rings. The molecule has 0 saturated heterocycles.